The van der Waals surface area contributed by atoms with Crippen molar-refractivity contribution in [3.63, 3.8) is 0 Å². The third-order valence-corrected chi connectivity index (χ3v) is 7.40. The highest BCUT2D eigenvalue weighted by molar-refractivity contribution is 5.98. The summed E-state index contributed by atoms with van der Waals surface area (Å²) in [7, 11) is 0. The Morgan fingerprint density at radius 2 is 1.82 bits per heavy atom. The monoisotopic (exact) mass is 553 g/mol. The van der Waals surface area contributed by atoms with Crippen molar-refractivity contribution in [2.24, 2.45) is 11.3 Å². The van der Waals surface area contributed by atoms with Gasteiger partial charge in [0.15, 0.2) is 0 Å². The molecule has 2 saturated heterocycles. The molecule has 0 aromatic heterocycles. The van der Waals surface area contributed by atoms with Gasteiger partial charge in [0.2, 0.25) is 0 Å². The third-order valence-electron chi connectivity index (χ3n) is 7.40. The molecule has 3 aliphatic heterocycles. The Kier molecular flexibility index (Phi) is 8.89. The standard InChI is InChI=1S/C27H38F3N5O4/c1-17(2)31-24(36)20-15-35(16-26(3,4)21-22(20)32-33-23(21)27(28,29)30)25(37)18-5-7-19(8-6-18)39-14-11-34-9-12-38-13-10-34/h5-8,15,17,21-23,32-33H,9-14,16H2,1-4H3,(H,31,36). The van der Waals surface area contributed by atoms with Crippen LogP contribution in [0.25, 0.3) is 0 Å². The molecule has 1 aromatic rings. The molecule has 0 radical (unpaired) electrons. The molecule has 12 heteroatoms. The lowest BCUT2D eigenvalue weighted by Gasteiger charge is -2.38. The number of hydrazine groups is 1. The normalized spacial score (nSPS) is 25.6. The van der Waals surface area contributed by atoms with Gasteiger partial charge in [-0.05, 0) is 43.5 Å². The summed E-state index contributed by atoms with van der Waals surface area (Å²) in [5, 5.41) is 2.76. The molecule has 3 N–H and O–H groups in total. The van der Waals surface area contributed by atoms with Crippen LogP contribution in [0, 0.1) is 11.3 Å². The van der Waals surface area contributed by atoms with E-state index in [9.17, 15) is 22.8 Å². The maximum absolute atomic E-state index is 14.0. The highest BCUT2D eigenvalue weighted by atomic mass is 19.4. The second-order valence-electron chi connectivity index (χ2n) is 11.3. The maximum atomic E-state index is 14.0. The number of nitrogens with zero attached hydrogens (tertiary/aromatic N) is 2. The fraction of sp³-hybridized carbons (Fsp3) is 0.630. The van der Waals surface area contributed by atoms with Crippen LogP contribution in [-0.2, 0) is 9.53 Å². The molecular weight excluding hydrogens is 515 g/mol. The Bertz CT molecular complexity index is 1050. The largest absolute Gasteiger partial charge is 0.492 e. The molecular formula is C27H38F3N5O4. The lowest BCUT2D eigenvalue weighted by molar-refractivity contribution is -0.170. The lowest BCUT2D eigenvalue weighted by atomic mass is 9.70. The van der Waals surface area contributed by atoms with E-state index in [0.29, 0.717) is 31.1 Å². The number of ether oxygens (including phenoxy) is 2. The van der Waals surface area contributed by atoms with E-state index in [1.54, 1.807) is 52.0 Å². The van der Waals surface area contributed by atoms with E-state index in [4.69, 9.17) is 9.47 Å². The van der Waals surface area contributed by atoms with Crippen LogP contribution >= 0.6 is 0 Å². The van der Waals surface area contributed by atoms with Gasteiger partial charge in [0.25, 0.3) is 11.8 Å². The van der Waals surface area contributed by atoms with Crippen molar-refractivity contribution in [3.05, 3.63) is 41.6 Å². The van der Waals surface area contributed by atoms with Crippen molar-refractivity contribution in [2.75, 3.05) is 46.0 Å². The first kappa shape index (κ1) is 29.3. The van der Waals surface area contributed by atoms with Crippen LogP contribution in [0.15, 0.2) is 36.0 Å². The number of carbonyl (C=O) groups excluding carboxylic acids is 2. The van der Waals surface area contributed by atoms with Gasteiger partial charge in [-0.3, -0.25) is 14.5 Å². The maximum Gasteiger partial charge on any atom is 0.405 e. The van der Waals surface area contributed by atoms with Crippen molar-refractivity contribution in [1.82, 2.24) is 26.0 Å². The predicted molar refractivity (Wildman–Crippen MR) is 139 cm³/mol. The van der Waals surface area contributed by atoms with Crippen molar-refractivity contribution in [1.29, 1.82) is 0 Å². The van der Waals surface area contributed by atoms with Crippen molar-refractivity contribution < 1.29 is 32.2 Å². The molecule has 9 nitrogen and oxygen atoms in total. The Labute approximate surface area is 227 Å². The van der Waals surface area contributed by atoms with Gasteiger partial charge in [0.05, 0.1) is 24.8 Å². The lowest BCUT2D eigenvalue weighted by Crippen LogP contribution is -2.50. The SMILES string of the molecule is CC(C)NC(=O)C1=CN(C(=O)c2ccc(OCCN3CCOCC3)cc2)CC(C)(C)C2C1NNC2C(F)(F)F. The summed E-state index contributed by atoms with van der Waals surface area (Å²) in [6.45, 7) is 11.3. The summed E-state index contributed by atoms with van der Waals surface area (Å²) in [4.78, 5) is 30.3. The molecule has 2 amide bonds. The zero-order valence-corrected chi connectivity index (χ0v) is 22.8. The van der Waals surface area contributed by atoms with Crippen LogP contribution in [0.5, 0.6) is 5.75 Å². The van der Waals surface area contributed by atoms with Crippen molar-refractivity contribution in [3.8, 4) is 5.75 Å². The van der Waals surface area contributed by atoms with E-state index in [1.807, 2.05) is 0 Å². The summed E-state index contributed by atoms with van der Waals surface area (Å²) in [6.07, 6.45) is -3.15. The van der Waals surface area contributed by atoms with Crippen LogP contribution in [-0.4, -0.2) is 91.9 Å². The summed E-state index contributed by atoms with van der Waals surface area (Å²) >= 11 is 0. The van der Waals surface area contributed by atoms with E-state index < -0.39 is 41.4 Å². The molecule has 0 spiro atoms. The topological polar surface area (TPSA) is 95.2 Å². The number of carbonyl (C=O) groups is 2. The Hall–Kier alpha value is -2.67. The van der Waals surface area contributed by atoms with Gasteiger partial charge in [0.1, 0.15) is 18.4 Å². The molecule has 2 fully saturated rings. The first-order chi connectivity index (χ1) is 18.4. The average molecular weight is 554 g/mol. The van der Waals surface area contributed by atoms with Gasteiger partial charge in [-0.1, -0.05) is 13.8 Å². The summed E-state index contributed by atoms with van der Waals surface area (Å²) in [5.41, 5.74) is 4.49. The van der Waals surface area contributed by atoms with Crippen LogP contribution in [0.1, 0.15) is 38.1 Å². The number of alkyl halides is 3. The van der Waals surface area contributed by atoms with Crippen LogP contribution in [0.3, 0.4) is 0 Å². The number of halogens is 3. The second-order valence-corrected chi connectivity index (χ2v) is 11.3. The number of morpholine rings is 1. The predicted octanol–water partition coefficient (Wildman–Crippen LogP) is 2.31. The Morgan fingerprint density at radius 1 is 1.15 bits per heavy atom. The highest BCUT2D eigenvalue weighted by Gasteiger charge is 2.58. The smallest absolute Gasteiger partial charge is 0.405 e. The summed E-state index contributed by atoms with van der Waals surface area (Å²) < 4.78 is 53.1. The number of rotatable bonds is 7. The Balaban J connectivity index is 1.53. The molecule has 4 rings (SSSR count). The number of hydrogen-bond acceptors (Lipinski definition) is 7. The van der Waals surface area contributed by atoms with E-state index in [1.165, 1.54) is 11.1 Å². The van der Waals surface area contributed by atoms with E-state index in [0.717, 1.165) is 19.6 Å². The zero-order chi connectivity index (χ0) is 28.4. The quantitative estimate of drug-likeness (QED) is 0.477. The molecule has 0 aliphatic carbocycles. The van der Waals surface area contributed by atoms with Crippen LogP contribution in [0.2, 0.25) is 0 Å². The molecule has 0 saturated carbocycles. The molecule has 1 aromatic carbocycles. The molecule has 3 unspecified atom stereocenters. The van der Waals surface area contributed by atoms with Gasteiger partial charge in [-0.2, -0.15) is 13.2 Å². The number of benzene rings is 1. The minimum atomic E-state index is -4.54. The number of hydrogen-bond donors (Lipinski definition) is 3. The van der Waals surface area contributed by atoms with Gasteiger partial charge in [-0.15, -0.1) is 0 Å². The first-order valence-corrected chi connectivity index (χ1v) is 13.3. The fourth-order valence-electron chi connectivity index (χ4n) is 5.50. The van der Waals surface area contributed by atoms with Crippen molar-refractivity contribution in [2.45, 2.75) is 52.0 Å². The molecule has 39 heavy (non-hydrogen) atoms. The zero-order valence-electron chi connectivity index (χ0n) is 22.8. The fourth-order valence-corrected chi connectivity index (χ4v) is 5.50. The van der Waals surface area contributed by atoms with E-state index in [2.05, 4.69) is 21.1 Å². The molecule has 0 bridgehead atoms. The summed E-state index contributed by atoms with van der Waals surface area (Å²) in [6, 6.07) is 3.61. The number of fused-ring (bicyclic) bond motifs is 1. The Morgan fingerprint density at radius 3 is 2.44 bits per heavy atom. The van der Waals surface area contributed by atoms with Gasteiger partial charge >= 0.3 is 6.18 Å². The van der Waals surface area contributed by atoms with Gasteiger partial charge < -0.3 is 19.7 Å². The second kappa shape index (κ2) is 11.8. The van der Waals surface area contributed by atoms with Crippen molar-refractivity contribution >= 4 is 11.8 Å². The summed E-state index contributed by atoms with van der Waals surface area (Å²) in [5.74, 6) is -1.34. The van der Waals surface area contributed by atoms with Crippen LogP contribution < -0.4 is 20.9 Å². The van der Waals surface area contributed by atoms with E-state index >= 15 is 0 Å². The van der Waals surface area contributed by atoms with Gasteiger partial charge in [-0.25, -0.2) is 10.9 Å². The molecule has 3 aliphatic rings. The third kappa shape index (κ3) is 6.92. The van der Waals surface area contributed by atoms with Gasteiger partial charge in [0, 0.05) is 49.9 Å². The van der Waals surface area contributed by atoms with E-state index in [-0.39, 0.29) is 18.2 Å². The molecule has 3 heterocycles. The number of nitrogens with one attached hydrogen (secondary N) is 3. The minimum Gasteiger partial charge on any atom is -0.492 e. The van der Waals surface area contributed by atoms with Crippen LogP contribution in [0.4, 0.5) is 13.2 Å². The molecule has 216 valence electrons. The molecule has 3 atom stereocenters. The highest BCUT2D eigenvalue weighted by Crippen LogP contribution is 2.45. The number of amides is 2. The first-order valence-electron chi connectivity index (χ1n) is 13.3. The minimum absolute atomic E-state index is 0.000795. The average Bonchev–Trinajstić information content (AvgIpc) is 3.29.